The van der Waals surface area contributed by atoms with Crippen LogP contribution in [-0.4, -0.2) is 15.9 Å². The van der Waals surface area contributed by atoms with Gasteiger partial charge >= 0.3 is 0 Å². The Morgan fingerprint density at radius 1 is 0.600 bits per heavy atom. The lowest BCUT2D eigenvalue weighted by molar-refractivity contribution is 1.08. The second-order valence-electron chi connectivity index (χ2n) is 12.8. The monoisotopic (exact) mass is 656 g/mol. The maximum absolute atomic E-state index is 9.73. The van der Waals surface area contributed by atoms with E-state index in [-0.39, 0.29) is 0 Å². The fourth-order valence-electron chi connectivity index (χ4n) is 7.84. The van der Waals surface area contributed by atoms with E-state index in [4.69, 9.17) is 0 Å². The summed E-state index contributed by atoms with van der Waals surface area (Å²) < 4.78 is 7.37. The topological polar surface area (TPSA) is 46.0 Å². The highest BCUT2D eigenvalue weighted by molar-refractivity contribution is 7.26. The van der Waals surface area contributed by atoms with Gasteiger partial charge in [-0.25, -0.2) is 0 Å². The van der Waals surface area contributed by atoms with Crippen molar-refractivity contribution in [2.24, 2.45) is 4.99 Å². The Labute approximate surface area is 292 Å². The lowest BCUT2D eigenvalue weighted by Crippen LogP contribution is -1.99. The molecule has 0 saturated carbocycles. The van der Waals surface area contributed by atoms with Gasteiger partial charge in [-0.1, -0.05) is 78.9 Å². The third-order valence-corrected chi connectivity index (χ3v) is 11.2. The maximum Gasteiger partial charge on any atom is 0.0991 e. The minimum atomic E-state index is 0.530. The molecule has 4 nitrogen and oxygen atoms in total. The van der Waals surface area contributed by atoms with Crippen molar-refractivity contribution < 1.29 is 0 Å². The zero-order chi connectivity index (χ0) is 33.3. The molecule has 7 aromatic carbocycles. The lowest BCUT2D eigenvalue weighted by atomic mass is 9.98. The molecule has 0 spiro atoms. The van der Waals surface area contributed by atoms with Gasteiger partial charge < -0.3 is 9.13 Å². The number of hydrogen-bond donors (Lipinski definition) is 0. The van der Waals surface area contributed by atoms with E-state index in [1.54, 1.807) is 0 Å². The largest absolute Gasteiger partial charge is 0.309 e. The highest BCUT2D eigenvalue weighted by Crippen LogP contribution is 2.45. The van der Waals surface area contributed by atoms with E-state index in [2.05, 4.69) is 160 Å². The summed E-state index contributed by atoms with van der Waals surface area (Å²) in [4.78, 5) is 4.24. The van der Waals surface area contributed by atoms with E-state index in [1.165, 1.54) is 36.5 Å². The SMILES string of the molecule is C=NCc1ccc(-n2c3ccccc3c3cc(C#N)ccc32)c(-c2ccc3c4c5sc6ccccc6c5ccc4n(-c4ccccc4)c3c2)c1. The summed E-state index contributed by atoms with van der Waals surface area (Å²) in [5.41, 5.74) is 10.7. The average Bonchev–Trinajstić information content (AvgIpc) is 3.82. The number of aliphatic imine (C=N–C) groups is 1. The van der Waals surface area contributed by atoms with Gasteiger partial charge in [0.15, 0.2) is 0 Å². The van der Waals surface area contributed by atoms with E-state index >= 15 is 0 Å². The fourth-order valence-corrected chi connectivity index (χ4v) is 9.10. The summed E-state index contributed by atoms with van der Waals surface area (Å²) in [6.45, 7) is 4.33. The van der Waals surface area contributed by atoms with Gasteiger partial charge in [0, 0.05) is 53.0 Å². The molecule has 0 radical (unpaired) electrons. The van der Waals surface area contributed by atoms with Crippen LogP contribution in [-0.2, 0) is 6.54 Å². The van der Waals surface area contributed by atoms with Crippen molar-refractivity contribution >= 4 is 81.8 Å². The van der Waals surface area contributed by atoms with Crippen LogP contribution in [0.2, 0.25) is 0 Å². The highest BCUT2D eigenvalue weighted by Gasteiger charge is 2.21. The number of rotatable bonds is 5. The van der Waals surface area contributed by atoms with Crippen LogP contribution in [0.5, 0.6) is 0 Å². The third-order valence-electron chi connectivity index (χ3n) is 10.00. The minimum absolute atomic E-state index is 0.530. The molecule has 0 aliphatic carbocycles. The van der Waals surface area contributed by atoms with E-state index < -0.39 is 0 Å². The summed E-state index contributed by atoms with van der Waals surface area (Å²) in [5, 5.41) is 17.0. The molecular weight excluding hydrogens is 629 g/mol. The van der Waals surface area contributed by atoms with Gasteiger partial charge in [0.25, 0.3) is 0 Å². The van der Waals surface area contributed by atoms with Crippen LogP contribution < -0.4 is 0 Å². The number of nitriles is 1. The maximum atomic E-state index is 9.73. The molecule has 50 heavy (non-hydrogen) atoms. The molecule has 0 amide bonds. The van der Waals surface area contributed by atoms with Crippen molar-refractivity contribution in [2.45, 2.75) is 6.54 Å². The number of nitrogens with zero attached hydrogens (tertiary/aromatic N) is 4. The number of aromatic nitrogens is 2. The van der Waals surface area contributed by atoms with Crippen LogP contribution in [0, 0.1) is 11.3 Å². The highest BCUT2D eigenvalue weighted by atomic mass is 32.1. The molecule has 10 rings (SSSR count). The number of thiophene rings is 1. The van der Waals surface area contributed by atoms with Gasteiger partial charge in [-0.3, -0.25) is 4.99 Å². The minimum Gasteiger partial charge on any atom is -0.309 e. The molecule has 0 N–H and O–H groups in total. The molecular formula is C45H28N4S. The van der Waals surface area contributed by atoms with Crippen molar-refractivity contribution in [1.29, 1.82) is 5.26 Å². The number of fused-ring (bicyclic) bond motifs is 10. The zero-order valence-electron chi connectivity index (χ0n) is 27.0. The fraction of sp³-hybridized carbons (Fsp3) is 0.0222. The molecule has 0 aliphatic heterocycles. The van der Waals surface area contributed by atoms with E-state index in [1.807, 2.05) is 23.5 Å². The van der Waals surface area contributed by atoms with E-state index in [0.29, 0.717) is 12.1 Å². The van der Waals surface area contributed by atoms with Gasteiger partial charge in [-0.2, -0.15) is 5.26 Å². The Hall–Kier alpha value is -6.48. The van der Waals surface area contributed by atoms with Crippen molar-refractivity contribution in [3.63, 3.8) is 0 Å². The summed E-state index contributed by atoms with van der Waals surface area (Å²) >= 11 is 1.87. The molecule has 0 aliphatic rings. The molecule has 0 atom stereocenters. The molecule has 0 saturated heterocycles. The van der Waals surface area contributed by atoms with Gasteiger partial charge in [-0.05, 0) is 84.6 Å². The summed E-state index contributed by atoms with van der Waals surface area (Å²) in [6, 6.07) is 54.3. The number of benzene rings is 7. The average molecular weight is 657 g/mol. The molecule has 0 bridgehead atoms. The van der Waals surface area contributed by atoms with E-state index in [0.717, 1.165) is 55.4 Å². The Kier molecular flexibility index (Phi) is 6.29. The quantitative estimate of drug-likeness (QED) is 0.170. The van der Waals surface area contributed by atoms with Crippen molar-refractivity contribution in [3.8, 4) is 28.6 Å². The summed E-state index contributed by atoms with van der Waals surface area (Å²) in [7, 11) is 0. The Morgan fingerprint density at radius 2 is 1.36 bits per heavy atom. The van der Waals surface area contributed by atoms with Crippen LogP contribution >= 0.6 is 11.3 Å². The van der Waals surface area contributed by atoms with Gasteiger partial charge in [0.05, 0.1) is 45.9 Å². The van der Waals surface area contributed by atoms with Crippen molar-refractivity contribution in [2.75, 3.05) is 0 Å². The first-order valence-electron chi connectivity index (χ1n) is 16.6. The van der Waals surface area contributed by atoms with Gasteiger partial charge in [-0.15, -0.1) is 11.3 Å². The van der Waals surface area contributed by atoms with Crippen LogP contribution in [0.4, 0.5) is 0 Å². The Balaban J connectivity index is 1.30. The molecule has 0 unspecified atom stereocenters. The molecule has 3 heterocycles. The lowest BCUT2D eigenvalue weighted by Gasteiger charge is -2.16. The van der Waals surface area contributed by atoms with Crippen molar-refractivity contribution in [1.82, 2.24) is 9.13 Å². The first kappa shape index (κ1) is 28.5. The van der Waals surface area contributed by atoms with Gasteiger partial charge in [0.2, 0.25) is 0 Å². The first-order valence-corrected chi connectivity index (χ1v) is 17.5. The molecule has 3 aromatic heterocycles. The Morgan fingerprint density at radius 3 is 2.22 bits per heavy atom. The molecule has 5 heteroatoms. The second-order valence-corrected chi connectivity index (χ2v) is 13.8. The molecule has 0 fully saturated rings. The van der Waals surface area contributed by atoms with Crippen LogP contribution in [0.15, 0.2) is 151 Å². The number of hydrogen-bond acceptors (Lipinski definition) is 3. The standard InChI is InChI=1S/C45H28N4S/c1-47-27-29-16-21-39(49-38-13-7-5-11-32(38)37-23-28(26-46)15-20-40(37)49)36(24-29)30-17-18-35-42(25-30)48(31-9-3-2-4-10-31)41-22-19-34-33-12-6-8-14-43(33)50-45(34)44(35)41/h2-25H,1,27H2. The van der Waals surface area contributed by atoms with Crippen LogP contribution in [0.3, 0.4) is 0 Å². The van der Waals surface area contributed by atoms with E-state index in [9.17, 15) is 5.26 Å². The zero-order valence-corrected chi connectivity index (χ0v) is 27.8. The second kappa shape index (κ2) is 11.0. The molecule has 10 aromatic rings. The Bertz CT molecular complexity index is 3040. The third kappa shape index (κ3) is 4.13. The predicted octanol–water partition coefficient (Wildman–Crippen LogP) is 12.0. The van der Waals surface area contributed by atoms with Gasteiger partial charge in [0.1, 0.15) is 0 Å². The first-order chi connectivity index (χ1) is 24.7. The predicted molar refractivity (Wildman–Crippen MR) is 211 cm³/mol. The summed E-state index contributed by atoms with van der Waals surface area (Å²) in [6.07, 6.45) is 0. The normalized spacial score (nSPS) is 11.7. The number of para-hydroxylation sites is 2. The van der Waals surface area contributed by atoms with Crippen LogP contribution in [0.1, 0.15) is 11.1 Å². The van der Waals surface area contributed by atoms with Crippen molar-refractivity contribution in [3.05, 3.63) is 157 Å². The van der Waals surface area contributed by atoms with Crippen LogP contribution in [0.25, 0.3) is 86.3 Å². The smallest absolute Gasteiger partial charge is 0.0991 e. The molecule has 234 valence electrons. The summed E-state index contributed by atoms with van der Waals surface area (Å²) in [5.74, 6) is 0.